The second-order valence-corrected chi connectivity index (χ2v) is 6.43. The van der Waals surface area contributed by atoms with Gasteiger partial charge < -0.3 is 0 Å². The summed E-state index contributed by atoms with van der Waals surface area (Å²) in [4.78, 5) is 9.82. The molecule has 0 aliphatic heterocycles. The van der Waals surface area contributed by atoms with Gasteiger partial charge in [-0.25, -0.2) is 8.42 Å². The smallest absolute Gasteiger partial charge is 0.258 e. The fourth-order valence-electron chi connectivity index (χ4n) is 1.47. The molecule has 0 spiro atoms. The molecular formula is C11H11ClN2O4S. The van der Waals surface area contributed by atoms with Crippen LogP contribution >= 0.6 is 11.6 Å². The molecule has 0 N–H and O–H groups in total. The van der Waals surface area contributed by atoms with Crippen LogP contribution in [0.2, 0.25) is 0 Å². The van der Waals surface area contributed by atoms with Crippen LogP contribution in [0.1, 0.15) is 12.5 Å². The van der Waals surface area contributed by atoms with Gasteiger partial charge in [-0.15, -0.1) is 11.6 Å². The van der Waals surface area contributed by atoms with Gasteiger partial charge in [0, 0.05) is 11.9 Å². The van der Waals surface area contributed by atoms with Gasteiger partial charge in [0.15, 0.2) is 9.84 Å². The Kier molecular flexibility index (Phi) is 4.86. The van der Waals surface area contributed by atoms with Crippen molar-refractivity contribution in [2.75, 3.05) is 11.6 Å². The van der Waals surface area contributed by atoms with Crippen LogP contribution in [0.3, 0.4) is 0 Å². The van der Waals surface area contributed by atoms with Gasteiger partial charge in [0.05, 0.1) is 15.6 Å². The molecule has 102 valence electrons. The Hall–Kier alpha value is -1.65. The van der Waals surface area contributed by atoms with Gasteiger partial charge in [-0.1, -0.05) is 6.92 Å². The second kappa shape index (κ2) is 5.99. The maximum atomic E-state index is 12.0. The monoisotopic (exact) mass is 302 g/mol. The fourth-order valence-corrected chi connectivity index (χ4v) is 3.34. The minimum Gasteiger partial charge on any atom is -0.258 e. The summed E-state index contributed by atoms with van der Waals surface area (Å²) in [5, 5.41) is 19.5. The first kappa shape index (κ1) is 15.4. The van der Waals surface area contributed by atoms with Crippen molar-refractivity contribution >= 4 is 27.1 Å². The van der Waals surface area contributed by atoms with Gasteiger partial charge in [0.1, 0.15) is 11.6 Å². The van der Waals surface area contributed by atoms with E-state index in [2.05, 4.69) is 0 Å². The third kappa shape index (κ3) is 3.66. The van der Waals surface area contributed by atoms with Crippen LogP contribution in [0.25, 0.3) is 0 Å². The molecule has 19 heavy (non-hydrogen) atoms. The number of hydrogen-bond acceptors (Lipinski definition) is 5. The molecule has 0 radical (unpaired) electrons. The Morgan fingerprint density at radius 3 is 2.63 bits per heavy atom. The van der Waals surface area contributed by atoms with Gasteiger partial charge >= 0.3 is 0 Å². The van der Waals surface area contributed by atoms with Crippen molar-refractivity contribution in [1.29, 1.82) is 5.26 Å². The lowest BCUT2D eigenvalue weighted by atomic mass is 10.2. The Morgan fingerprint density at radius 1 is 1.53 bits per heavy atom. The lowest BCUT2D eigenvalue weighted by Crippen LogP contribution is -2.15. The molecule has 0 saturated heterocycles. The summed E-state index contributed by atoms with van der Waals surface area (Å²) in [5.74, 6) is -0.219. The molecule has 0 heterocycles. The maximum Gasteiger partial charge on any atom is 0.287 e. The molecule has 0 aromatic heterocycles. The van der Waals surface area contributed by atoms with Crippen LogP contribution in [-0.2, 0) is 9.84 Å². The fraction of sp³-hybridized carbons (Fsp3) is 0.364. The molecular weight excluding hydrogens is 292 g/mol. The van der Waals surface area contributed by atoms with Crippen molar-refractivity contribution in [3.63, 3.8) is 0 Å². The number of hydrogen-bond donors (Lipinski definition) is 0. The maximum absolute atomic E-state index is 12.0. The molecule has 1 atom stereocenters. The molecule has 0 saturated carbocycles. The van der Waals surface area contributed by atoms with Crippen molar-refractivity contribution in [2.45, 2.75) is 11.8 Å². The summed E-state index contributed by atoms with van der Waals surface area (Å²) in [6.07, 6.45) is 0. The van der Waals surface area contributed by atoms with Crippen molar-refractivity contribution in [2.24, 2.45) is 5.92 Å². The topological polar surface area (TPSA) is 101 Å². The highest BCUT2D eigenvalue weighted by Gasteiger charge is 2.22. The van der Waals surface area contributed by atoms with Gasteiger partial charge in [-0.2, -0.15) is 5.26 Å². The summed E-state index contributed by atoms with van der Waals surface area (Å²) in [6.45, 7) is 1.68. The Labute approximate surface area is 115 Å². The number of alkyl halides is 1. The minimum atomic E-state index is -3.60. The number of benzene rings is 1. The molecule has 1 rings (SSSR count). The van der Waals surface area contributed by atoms with E-state index in [1.54, 1.807) is 13.0 Å². The number of nitro benzene ring substituents is 1. The average molecular weight is 303 g/mol. The lowest BCUT2D eigenvalue weighted by Gasteiger charge is -2.09. The second-order valence-electron chi connectivity index (χ2n) is 4.09. The number of nitro groups is 1. The van der Waals surface area contributed by atoms with E-state index < -0.39 is 20.4 Å². The number of rotatable bonds is 5. The normalized spacial score (nSPS) is 12.7. The summed E-state index contributed by atoms with van der Waals surface area (Å²) >= 11 is 5.56. The average Bonchev–Trinajstić information content (AvgIpc) is 2.37. The highest BCUT2D eigenvalue weighted by molar-refractivity contribution is 7.91. The number of nitriles is 1. The number of nitrogens with zero attached hydrogens (tertiary/aromatic N) is 2. The molecule has 0 amide bonds. The molecule has 0 aliphatic carbocycles. The van der Waals surface area contributed by atoms with Crippen molar-refractivity contribution in [3.8, 4) is 6.07 Å². The van der Waals surface area contributed by atoms with E-state index in [0.29, 0.717) is 0 Å². The third-order valence-corrected chi connectivity index (χ3v) is 4.92. The van der Waals surface area contributed by atoms with Gasteiger partial charge in [0.25, 0.3) is 5.69 Å². The van der Waals surface area contributed by atoms with Crippen LogP contribution in [0.4, 0.5) is 5.69 Å². The predicted molar refractivity (Wildman–Crippen MR) is 69.7 cm³/mol. The zero-order chi connectivity index (χ0) is 14.6. The lowest BCUT2D eigenvalue weighted by molar-refractivity contribution is -0.385. The van der Waals surface area contributed by atoms with E-state index in [1.807, 2.05) is 0 Å². The van der Waals surface area contributed by atoms with Gasteiger partial charge in [0.2, 0.25) is 0 Å². The van der Waals surface area contributed by atoms with Crippen LogP contribution in [0, 0.1) is 27.4 Å². The van der Waals surface area contributed by atoms with E-state index in [0.717, 1.165) is 18.2 Å². The summed E-state index contributed by atoms with van der Waals surface area (Å²) in [7, 11) is -3.60. The van der Waals surface area contributed by atoms with Crippen molar-refractivity contribution < 1.29 is 13.3 Å². The van der Waals surface area contributed by atoms with Crippen LogP contribution in [0.15, 0.2) is 23.1 Å². The van der Waals surface area contributed by atoms with Crippen LogP contribution < -0.4 is 0 Å². The zero-order valence-corrected chi connectivity index (χ0v) is 11.6. The quantitative estimate of drug-likeness (QED) is 0.471. The minimum absolute atomic E-state index is 0.105. The largest absolute Gasteiger partial charge is 0.287 e. The van der Waals surface area contributed by atoms with E-state index in [4.69, 9.17) is 16.9 Å². The SMILES string of the molecule is CC(CCl)CS(=O)(=O)c1ccc([N+](=O)[O-])c(C#N)c1. The van der Waals surface area contributed by atoms with E-state index in [9.17, 15) is 18.5 Å². The summed E-state index contributed by atoms with van der Waals surface area (Å²) < 4.78 is 24.0. The Morgan fingerprint density at radius 2 is 2.16 bits per heavy atom. The molecule has 1 unspecified atom stereocenters. The van der Waals surface area contributed by atoms with Crippen LogP contribution in [-0.4, -0.2) is 25.0 Å². The number of halogens is 1. The predicted octanol–water partition coefficient (Wildman–Crippen LogP) is 2.12. The Balaban J connectivity index is 3.24. The highest BCUT2D eigenvalue weighted by Crippen LogP contribution is 2.23. The first-order valence-corrected chi connectivity index (χ1v) is 7.47. The first-order valence-electron chi connectivity index (χ1n) is 5.29. The van der Waals surface area contributed by atoms with Gasteiger partial charge in [-0.05, 0) is 18.1 Å². The summed E-state index contributed by atoms with van der Waals surface area (Å²) in [5.41, 5.74) is -0.684. The van der Waals surface area contributed by atoms with Crippen molar-refractivity contribution in [3.05, 3.63) is 33.9 Å². The van der Waals surface area contributed by atoms with Crippen molar-refractivity contribution in [1.82, 2.24) is 0 Å². The summed E-state index contributed by atoms with van der Waals surface area (Å²) in [6, 6.07) is 4.81. The molecule has 1 aromatic rings. The molecule has 0 fully saturated rings. The highest BCUT2D eigenvalue weighted by atomic mass is 35.5. The third-order valence-electron chi connectivity index (χ3n) is 2.41. The molecule has 0 bridgehead atoms. The molecule has 6 nitrogen and oxygen atoms in total. The number of sulfone groups is 1. The first-order chi connectivity index (χ1) is 8.81. The van der Waals surface area contributed by atoms with Gasteiger partial charge in [-0.3, -0.25) is 10.1 Å². The van der Waals surface area contributed by atoms with E-state index in [-0.39, 0.29) is 28.0 Å². The molecule has 0 aliphatic rings. The van der Waals surface area contributed by atoms with E-state index in [1.165, 1.54) is 0 Å². The van der Waals surface area contributed by atoms with Crippen LogP contribution in [0.5, 0.6) is 0 Å². The zero-order valence-electron chi connectivity index (χ0n) is 10.0. The molecule has 1 aromatic carbocycles. The standard InChI is InChI=1S/C11H11ClN2O4S/c1-8(5-12)7-19(17,18)10-2-3-11(14(15)16)9(4-10)6-13/h2-4,8H,5,7H2,1H3. The Bertz CT molecular complexity index is 637. The molecule has 8 heteroatoms. The van der Waals surface area contributed by atoms with E-state index >= 15 is 0 Å².